The van der Waals surface area contributed by atoms with Crippen molar-refractivity contribution in [2.75, 3.05) is 6.54 Å². The Morgan fingerprint density at radius 3 is 2.93 bits per heavy atom. The molecule has 1 saturated carbocycles. The smallest absolute Gasteiger partial charge is 0.0937 e. The minimum absolute atomic E-state index is 0.775. The van der Waals surface area contributed by atoms with E-state index in [0.29, 0.717) is 0 Å². The molecule has 0 spiro atoms. The summed E-state index contributed by atoms with van der Waals surface area (Å²) in [6, 6.07) is 0.775. The summed E-state index contributed by atoms with van der Waals surface area (Å²) in [7, 11) is 0. The number of thiazole rings is 1. The second-order valence-electron chi connectivity index (χ2n) is 4.80. The van der Waals surface area contributed by atoms with Crippen molar-refractivity contribution in [2.45, 2.75) is 39.2 Å². The van der Waals surface area contributed by atoms with Crippen molar-refractivity contribution in [3.63, 3.8) is 0 Å². The molecule has 15 heavy (non-hydrogen) atoms. The number of hydrogen-bond donors (Lipinski definition) is 1. The van der Waals surface area contributed by atoms with Crippen LogP contribution in [0.4, 0.5) is 0 Å². The second-order valence-corrected chi connectivity index (χ2v) is 5.78. The molecule has 1 aromatic rings. The molecule has 0 atom stereocenters. The molecule has 3 heteroatoms. The number of nitrogens with one attached hydrogen (secondary N) is 1. The van der Waals surface area contributed by atoms with Gasteiger partial charge in [0, 0.05) is 30.6 Å². The molecule has 0 aliphatic heterocycles. The fourth-order valence-electron chi connectivity index (χ4n) is 2.13. The van der Waals surface area contributed by atoms with Crippen LogP contribution in [0.15, 0.2) is 11.6 Å². The number of nitrogens with zero attached hydrogens (tertiary/aromatic N) is 1. The summed E-state index contributed by atoms with van der Waals surface area (Å²) in [5, 5.41) is 6.91. The van der Waals surface area contributed by atoms with Gasteiger partial charge in [0.25, 0.3) is 0 Å². The Morgan fingerprint density at radius 2 is 2.33 bits per heavy atom. The topological polar surface area (TPSA) is 24.9 Å². The standard InChI is InChI=1S/C12H20N2S/c1-9(2)10-7-11(8-10)13-4-3-12-14-5-6-15-12/h5-6,9-11,13H,3-4,7-8H2,1-2H3. The van der Waals surface area contributed by atoms with Gasteiger partial charge >= 0.3 is 0 Å². The van der Waals surface area contributed by atoms with Crippen LogP contribution in [-0.2, 0) is 6.42 Å². The van der Waals surface area contributed by atoms with E-state index in [1.807, 2.05) is 11.6 Å². The maximum absolute atomic E-state index is 4.28. The molecular weight excluding hydrogens is 204 g/mol. The quantitative estimate of drug-likeness (QED) is 0.832. The van der Waals surface area contributed by atoms with Crippen molar-refractivity contribution in [1.29, 1.82) is 0 Å². The summed E-state index contributed by atoms with van der Waals surface area (Å²) in [6.07, 6.45) is 5.71. The van der Waals surface area contributed by atoms with Gasteiger partial charge in [-0.3, -0.25) is 0 Å². The van der Waals surface area contributed by atoms with Gasteiger partial charge in [0.05, 0.1) is 5.01 Å². The van der Waals surface area contributed by atoms with Gasteiger partial charge in [0.2, 0.25) is 0 Å². The molecule has 1 aromatic heterocycles. The van der Waals surface area contributed by atoms with Crippen molar-refractivity contribution >= 4 is 11.3 Å². The van der Waals surface area contributed by atoms with E-state index in [1.165, 1.54) is 17.8 Å². The summed E-state index contributed by atoms with van der Waals surface area (Å²) in [5.74, 6) is 1.82. The summed E-state index contributed by atoms with van der Waals surface area (Å²) in [6.45, 7) is 5.75. The van der Waals surface area contributed by atoms with Gasteiger partial charge in [-0.2, -0.15) is 0 Å². The predicted octanol–water partition coefficient (Wildman–Crippen LogP) is 2.71. The van der Waals surface area contributed by atoms with Gasteiger partial charge in [-0.25, -0.2) is 4.98 Å². The largest absolute Gasteiger partial charge is 0.314 e. The minimum atomic E-state index is 0.775. The lowest BCUT2D eigenvalue weighted by Gasteiger charge is -2.38. The van der Waals surface area contributed by atoms with Crippen LogP contribution in [0.1, 0.15) is 31.7 Å². The number of rotatable bonds is 5. The molecule has 0 radical (unpaired) electrons. The highest BCUT2D eigenvalue weighted by Gasteiger charge is 2.30. The average molecular weight is 224 g/mol. The molecule has 1 aliphatic carbocycles. The van der Waals surface area contributed by atoms with Gasteiger partial charge in [-0.05, 0) is 24.7 Å². The van der Waals surface area contributed by atoms with E-state index in [0.717, 1.165) is 30.8 Å². The first-order valence-electron chi connectivity index (χ1n) is 5.87. The molecule has 2 nitrogen and oxygen atoms in total. The average Bonchev–Trinajstić information content (AvgIpc) is 2.60. The van der Waals surface area contributed by atoms with E-state index in [9.17, 15) is 0 Å². The molecule has 1 N–H and O–H groups in total. The molecule has 0 saturated heterocycles. The van der Waals surface area contributed by atoms with Crippen molar-refractivity contribution in [3.8, 4) is 0 Å². The Labute approximate surface area is 96.1 Å². The van der Waals surface area contributed by atoms with Crippen molar-refractivity contribution in [2.24, 2.45) is 11.8 Å². The molecule has 84 valence electrons. The van der Waals surface area contributed by atoms with Gasteiger partial charge in [0.15, 0.2) is 0 Å². The first-order valence-corrected chi connectivity index (χ1v) is 6.75. The van der Waals surface area contributed by atoms with E-state index in [-0.39, 0.29) is 0 Å². The normalized spacial score (nSPS) is 25.5. The summed E-state index contributed by atoms with van der Waals surface area (Å²) in [4.78, 5) is 4.28. The van der Waals surface area contributed by atoms with Gasteiger partial charge in [-0.1, -0.05) is 13.8 Å². The maximum atomic E-state index is 4.28. The zero-order valence-corrected chi connectivity index (χ0v) is 10.4. The predicted molar refractivity (Wildman–Crippen MR) is 65.2 cm³/mol. The first kappa shape index (κ1) is 11.1. The summed E-state index contributed by atoms with van der Waals surface area (Å²) < 4.78 is 0. The highest BCUT2D eigenvalue weighted by Crippen LogP contribution is 2.33. The Kier molecular flexibility index (Phi) is 3.76. The lowest BCUT2D eigenvalue weighted by atomic mass is 9.74. The van der Waals surface area contributed by atoms with E-state index >= 15 is 0 Å². The van der Waals surface area contributed by atoms with E-state index in [4.69, 9.17) is 0 Å². The monoisotopic (exact) mass is 224 g/mol. The molecule has 0 aromatic carbocycles. The highest BCUT2D eigenvalue weighted by atomic mass is 32.1. The molecule has 0 amide bonds. The molecule has 1 heterocycles. The van der Waals surface area contributed by atoms with Crippen LogP contribution >= 0.6 is 11.3 Å². The third-order valence-electron chi connectivity index (χ3n) is 3.37. The zero-order chi connectivity index (χ0) is 10.7. The van der Waals surface area contributed by atoms with Gasteiger partial charge in [0.1, 0.15) is 0 Å². The molecule has 2 rings (SSSR count). The Morgan fingerprint density at radius 1 is 1.53 bits per heavy atom. The third kappa shape index (κ3) is 3.02. The first-order chi connectivity index (χ1) is 7.25. The Balaban J connectivity index is 1.57. The maximum Gasteiger partial charge on any atom is 0.0937 e. The second kappa shape index (κ2) is 5.08. The van der Waals surface area contributed by atoms with Gasteiger partial charge in [-0.15, -0.1) is 11.3 Å². The highest BCUT2D eigenvalue weighted by molar-refractivity contribution is 7.09. The molecular formula is C12H20N2S. The van der Waals surface area contributed by atoms with Crippen LogP contribution in [0.3, 0.4) is 0 Å². The summed E-state index contributed by atoms with van der Waals surface area (Å²) >= 11 is 1.75. The minimum Gasteiger partial charge on any atom is -0.314 e. The van der Waals surface area contributed by atoms with Crippen molar-refractivity contribution in [3.05, 3.63) is 16.6 Å². The number of hydrogen-bond acceptors (Lipinski definition) is 3. The van der Waals surface area contributed by atoms with E-state index in [1.54, 1.807) is 11.3 Å². The lowest BCUT2D eigenvalue weighted by molar-refractivity contribution is 0.169. The van der Waals surface area contributed by atoms with E-state index in [2.05, 4.69) is 24.1 Å². The molecule has 1 fully saturated rings. The fraction of sp³-hybridized carbons (Fsp3) is 0.750. The van der Waals surface area contributed by atoms with Crippen LogP contribution in [0.2, 0.25) is 0 Å². The van der Waals surface area contributed by atoms with Crippen LogP contribution < -0.4 is 5.32 Å². The van der Waals surface area contributed by atoms with Crippen LogP contribution in [0, 0.1) is 11.8 Å². The number of aromatic nitrogens is 1. The lowest BCUT2D eigenvalue weighted by Crippen LogP contribution is -2.43. The van der Waals surface area contributed by atoms with Crippen molar-refractivity contribution in [1.82, 2.24) is 10.3 Å². The molecule has 0 bridgehead atoms. The Bertz CT molecular complexity index is 276. The fourth-order valence-corrected chi connectivity index (χ4v) is 2.75. The SMILES string of the molecule is CC(C)C1CC(NCCc2nccs2)C1. The Hall–Kier alpha value is -0.410. The van der Waals surface area contributed by atoms with Gasteiger partial charge < -0.3 is 5.32 Å². The van der Waals surface area contributed by atoms with Crippen LogP contribution in [0.5, 0.6) is 0 Å². The third-order valence-corrected chi connectivity index (χ3v) is 4.21. The van der Waals surface area contributed by atoms with E-state index < -0.39 is 0 Å². The molecule has 1 aliphatic rings. The zero-order valence-electron chi connectivity index (χ0n) is 9.57. The van der Waals surface area contributed by atoms with Crippen molar-refractivity contribution < 1.29 is 0 Å². The summed E-state index contributed by atoms with van der Waals surface area (Å²) in [5.41, 5.74) is 0. The van der Waals surface area contributed by atoms with Crippen LogP contribution in [-0.4, -0.2) is 17.6 Å². The molecule has 0 unspecified atom stereocenters. The van der Waals surface area contributed by atoms with Crippen LogP contribution in [0.25, 0.3) is 0 Å².